The van der Waals surface area contributed by atoms with E-state index in [0.717, 1.165) is 31.2 Å². The van der Waals surface area contributed by atoms with Gasteiger partial charge in [0.25, 0.3) is 0 Å². The van der Waals surface area contributed by atoms with Gasteiger partial charge in [-0.15, -0.1) is 11.3 Å². The van der Waals surface area contributed by atoms with E-state index in [-0.39, 0.29) is 0 Å². The predicted octanol–water partition coefficient (Wildman–Crippen LogP) is 2.27. The highest BCUT2D eigenvalue weighted by atomic mass is 32.2. The van der Waals surface area contributed by atoms with Gasteiger partial charge >= 0.3 is 0 Å². The van der Waals surface area contributed by atoms with E-state index in [9.17, 15) is 4.21 Å². The van der Waals surface area contributed by atoms with E-state index in [2.05, 4.69) is 10.3 Å². The fraction of sp³-hybridized carbons (Fsp3) is 0.750. The molecule has 96 valence electrons. The quantitative estimate of drug-likeness (QED) is 0.774. The first-order valence-corrected chi connectivity index (χ1v) is 8.75. The summed E-state index contributed by atoms with van der Waals surface area (Å²) in [6.07, 6.45) is 8.76. The maximum absolute atomic E-state index is 10.9. The Morgan fingerprint density at radius 3 is 3.06 bits per heavy atom. The van der Waals surface area contributed by atoms with Gasteiger partial charge in [-0.2, -0.15) is 0 Å². The number of nitrogens with one attached hydrogen (secondary N) is 1. The number of rotatable bonds is 7. The van der Waals surface area contributed by atoms with Crippen molar-refractivity contribution in [1.29, 1.82) is 0 Å². The Balaban J connectivity index is 1.65. The first-order valence-electron chi connectivity index (χ1n) is 6.21. The zero-order valence-corrected chi connectivity index (χ0v) is 11.9. The number of hydrogen-bond acceptors (Lipinski definition) is 4. The molecule has 1 aromatic rings. The Morgan fingerprint density at radius 2 is 2.41 bits per heavy atom. The van der Waals surface area contributed by atoms with Crippen LogP contribution in [0.2, 0.25) is 0 Å². The van der Waals surface area contributed by atoms with Crippen molar-refractivity contribution in [2.75, 3.05) is 18.6 Å². The van der Waals surface area contributed by atoms with Crippen molar-refractivity contribution in [3.05, 3.63) is 16.1 Å². The molecule has 0 saturated heterocycles. The van der Waals surface area contributed by atoms with Crippen LogP contribution in [0.25, 0.3) is 0 Å². The molecule has 0 amide bonds. The highest BCUT2D eigenvalue weighted by Crippen LogP contribution is 2.38. The summed E-state index contributed by atoms with van der Waals surface area (Å²) in [5, 5.41) is 4.70. The van der Waals surface area contributed by atoms with Crippen molar-refractivity contribution < 1.29 is 4.21 Å². The predicted molar refractivity (Wildman–Crippen MR) is 74.0 cm³/mol. The average Bonchev–Trinajstić information content (AvgIpc) is 2.63. The van der Waals surface area contributed by atoms with E-state index in [1.807, 2.05) is 17.5 Å². The summed E-state index contributed by atoms with van der Waals surface area (Å²) in [6, 6.07) is 0. The molecule has 1 N–H and O–H groups in total. The van der Waals surface area contributed by atoms with Crippen molar-refractivity contribution in [1.82, 2.24) is 10.3 Å². The molecule has 1 fully saturated rings. The van der Waals surface area contributed by atoms with Gasteiger partial charge in [0.1, 0.15) is 0 Å². The Labute approximate surface area is 109 Å². The third-order valence-electron chi connectivity index (χ3n) is 3.11. The minimum Gasteiger partial charge on any atom is -0.312 e. The lowest BCUT2D eigenvalue weighted by molar-refractivity contribution is 0.418. The van der Waals surface area contributed by atoms with Crippen LogP contribution in [-0.4, -0.2) is 27.7 Å². The molecule has 1 saturated carbocycles. The van der Waals surface area contributed by atoms with Crippen LogP contribution in [0, 0.1) is 0 Å². The van der Waals surface area contributed by atoms with Gasteiger partial charge in [0.15, 0.2) is 0 Å². The lowest BCUT2D eigenvalue weighted by Gasteiger charge is -2.22. The normalized spacial score (nSPS) is 17.9. The number of hydrogen-bond donors (Lipinski definition) is 1. The zero-order valence-electron chi connectivity index (χ0n) is 10.3. The molecule has 1 aliphatic carbocycles. The SMILES string of the molecule is C[S@@](=O)CCCNCc1cnc(C2CCC2)s1. The number of nitrogens with zero attached hydrogens (tertiary/aromatic N) is 1. The Hall–Kier alpha value is -0.260. The van der Waals surface area contributed by atoms with E-state index < -0.39 is 10.8 Å². The van der Waals surface area contributed by atoms with E-state index in [0.29, 0.717) is 0 Å². The Bertz CT molecular complexity index is 374. The number of thiazole rings is 1. The summed E-state index contributed by atoms with van der Waals surface area (Å²) in [6.45, 7) is 1.84. The molecule has 1 atom stereocenters. The molecular weight excluding hydrogens is 252 g/mol. The summed E-state index contributed by atoms with van der Waals surface area (Å²) >= 11 is 1.85. The van der Waals surface area contributed by atoms with Gasteiger partial charge in [0.2, 0.25) is 0 Å². The molecule has 1 aromatic heterocycles. The van der Waals surface area contributed by atoms with Gasteiger partial charge in [-0.1, -0.05) is 6.42 Å². The monoisotopic (exact) mass is 272 g/mol. The second kappa shape index (κ2) is 6.61. The summed E-state index contributed by atoms with van der Waals surface area (Å²) in [4.78, 5) is 5.82. The Morgan fingerprint density at radius 1 is 1.59 bits per heavy atom. The van der Waals surface area contributed by atoms with Gasteiger partial charge < -0.3 is 5.32 Å². The largest absolute Gasteiger partial charge is 0.312 e. The van der Waals surface area contributed by atoms with Crippen molar-refractivity contribution in [3.8, 4) is 0 Å². The molecule has 3 nitrogen and oxygen atoms in total. The number of aromatic nitrogens is 1. The van der Waals surface area contributed by atoms with E-state index in [1.165, 1.54) is 29.1 Å². The second-order valence-electron chi connectivity index (χ2n) is 4.60. The van der Waals surface area contributed by atoms with E-state index in [1.54, 1.807) is 6.26 Å². The lowest BCUT2D eigenvalue weighted by Crippen LogP contribution is -2.15. The van der Waals surface area contributed by atoms with E-state index in [4.69, 9.17) is 0 Å². The van der Waals surface area contributed by atoms with Crippen LogP contribution < -0.4 is 5.32 Å². The van der Waals surface area contributed by atoms with Crippen LogP contribution in [0.3, 0.4) is 0 Å². The summed E-state index contributed by atoms with van der Waals surface area (Å²) in [5.41, 5.74) is 0. The van der Waals surface area contributed by atoms with Crippen molar-refractivity contribution in [3.63, 3.8) is 0 Å². The smallest absolute Gasteiger partial charge is 0.0959 e. The van der Waals surface area contributed by atoms with Gasteiger partial charge in [-0.25, -0.2) is 4.98 Å². The summed E-state index contributed by atoms with van der Waals surface area (Å²) < 4.78 is 10.9. The first kappa shape index (κ1) is 13.2. The molecule has 1 heterocycles. The average molecular weight is 272 g/mol. The van der Waals surface area contributed by atoms with E-state index >= 15 is 0 Å². The molecule has 0 bridgehead atoms. The Kier molecular flexibility index (Phi) is 5.13. The molecule has 2 rings (SSSR count). The molecular formula is C12H20N2OS2. The fourth-order valence-electron chi connectivity index (χ4n) is 1.86. The van der Waals surface area contributed by atoms with Crippen LogP contribution >= 0.6 is 11.3 Å². The van der Waals surface area contributed by atoms with Crippen LogP contribution in [0.4, 0.5) is 0 Å². The molecule has 17 heavy (non-hydrogen) atoms. The highest BCUT2D eigenvalue weighted by molar-refractivity contribution is 7.84. The topological polar surface area (TPSA) is 42.0 Å². The summed E-state index contributed by atoms with van der Waals surface area (Å²) in [5.74, 6) is 1.54. The minimum atomic E-state index is -0.659. The fourth-order valence-corrected chi connectivity index (χ4v) is 3.47. The van der Waals surface area contributed by atoms with Gasteiger partial charge in [-0.05, 0) is 25.8 Å². The maximum atomic E-state index is 10.9. The first-order chi connectivity index (χ1) is 8.25. The van der Waals surface area contributed by atoms with Crippen LogP contribution in [0.5, 0.6) is 0 Å². The molecule has 0 aliphatic heterocycles. The van der Waals surface area contributed by atoms with Crippen LogP contribution in [0.15, 0.2) is 6.20 Å². The van der Waals surface area contributed by atoms with Crippen molar-refractivity contribution in [2.45, 2.75) is 38.1 Å². The van der Waals surface area contributed by atoms with Crippen LogP contribution in [0.1, 0.15) is 41.5 Å². The standard InChI is InChI=1S/C12H20N2OS2/c1-17(15)7-3-6-13-8-11-9-14-12(16-11)10-4-2-5-10/h9-10,13H,2-8H2,1H3/t17-/m1/s1. The zero-order chi connectivity index (χ0) is 12.1. The molecule has 0 radical (unpaired) electrons. The van der Waals surface area contributed by atoms with Crippen molar-refractivity contribution in [2.24, 2.45) is 0 Å². The van der Waals surface area contributed by atoms with Crippen molar-refractivity contribution >= 4 is 22.1 Å². The van der Waals surface area contributed by atoms with Crippen LogP contribution in [-0.2, 0) is 17.3 Å². The molecule has 0 aromatic carbocycles. The van der Waals surface area contributed by atoms with Gasteiger partial charge in [-0.3, -0.25) is 4.21 Å². The third kappa shape index (κ3) is 4.16. The van der Waals surface area contributed by atoms with Gasteiger partial charge in [0, 0.05) is 46.3 Å². The maximum Gasteiger partial charge on any atom is 0.0959 e. The molecule has 1 aliphatic rings. The lowest BCUT2D eigenvalue weighted by atomic mass is 9.86. The molecule has 5 heteroatoms. The third-order valence-corrected chi connectivity index (χ3v) is 5.13. The second-order valence-corrected chi connectivity index (χ2v) is 7.30. The minimum absolute atomic E-state index is 0.659. The highest BCUT2D eigenvalue weighted by Gasteiger charge is 2.22. The summed E-state index contributed by atoms with van der Waals surface area (Å²) in [7, 11) is -0.659. The molecule has 0 unspecified atom stereocenters. The van der Waals surface area contributed by atoms with Gasteiger partial charge in [0.05, 0.1) is 5.01 Å². The molecule has 0 spiro atoms.